The first-order valence-corrected chi connectivity index (χ1v) is 13.3. The highest BCUT2D eigenvalue weighted by Gasteiger charge is 2.31. The smallest absolute Gasteiger partial charge is 0.490 e. The average molecular weight is 545 g/mol. The maximum atomic E-state index is 12.6. The Morgan fingerprint density at radius 2 is 1.56 bits per heavy atom. The van der Waals surface area contributed by atoms with Gasteiger partial charge in [0.25, 0.3) is 0 Å². The van der Waals surface area contributed by atoms with Crippen molar-refractivity contribution in [1.82, 2.24) is 0 Å². The van der Waals surface area contributed by atoms with Crippen molar-refractivity contribution < 1.29 is 36.9 Å². The van der Waals surface area contributed by atoms with Gasteiger partial charge in [-0.15, -0.1) is 13.2 Å². The molecule has 5 nitrogen and oxygen atoms in total. The fourth-order valence-electron chi connectivity index (χ4n) is 4.01. The molecule has 0 spiro atoms. The summed E-state index contributed by atoms with van der Waals surface area (Å²) in [6.45, 7) is 4.47. The average Bonchev–Trinajstić information content (AvgIpc) is 2.91. The molecule has 0 aliphatic rings. The summed E-state index contributed by atoms with van der Waals surface area (Å²) < 4.78 is 59.0. The van der Waals surface area contributed by atoms with Crippen LogP contribution in [0.15, 0.2) is 72.8 Å². The standard InChI is InChI=1S/C31H35F3O5/c1-3-5-14-28(30(35)36-4-2)38-29-22-25(24-15-18-26(19-16-24)39-31(32,33)34)17-20-27(29)37-21-10-9-13-23-11-7-6-8-12-23/h6-8,11-12,15-20,22,28H,3-5,9-10,13-14,21H2,1-2H3. The molecule has 0 amide bonds. The van der Waals surface area contributed by atoms with Crippen LogP contribution in [0.4, 0.5) is 13.2 Å². The van der Waals surface area contributed by atoms with Gasteiger partial charge in [0.2, 0.25) is 0 Å². The summed E-state index contributed by atoms with van der Waals surface area (Å²) in [6.07, 6.45) is -0.690. The molecule has 0 saturated carbocycles. The Kier molecular flexibility index (Phi) is 11.5. The van der Waals surface area contributed by atoms with E-state index in [0.29, 0.717) is 35.7 Å². The van der Waals surface area contributed by atoms with E-state index in [4.69, 9.17) is 14.2 Å². The van der Waals surface area contributed by atoms with Gasteiger partial charge in [-0.25, -0.2) is 4.79 Å². The zero-order chi connectivity index (χ0) is 28.1. The molecular weight excluding hydrogens is 509 g/mol. The van der Waals surface area contributed by atoms with Crippen molar-refractivity contribution >= 4 is 5.97 Å². The number of unbranched alkanes of at least 4 members (excludes halogenated alkanes) is 2. The summed E-state index contributed by atoms with van der Waals surface area (Å²) in [5.74, 6) is 0.112. The maximum Gasteiger partial charge on any atom is 0.573 e. The molecule has 210 valence electrons. The van der Waals surface area contributed by atoms with Crippen LogP contribution < -0.4 is 14.2 Å². The molecule has 0 aliphatic heterocycles. The minimum absolute atomic E-state index is 0.238. The van der Waals surface area contributed by atoms with Gasteiger partial charge >= 0.3 is 12.3 Å². The third-order valence-corrected chi connectivity index (χ3v) is 5.96. The molecule has 0 fully saturated rings. The van der Waals surface area contributed by atoms with Crippen LogP contribution in [0.1, 0.15) is 51.5 Å². The van der Waals surface area contributed by atoms with Gasteiger partial charge in [0.05, 0.1) is 13.2 Å². The third-order valence-electron chi connectivity index (χ3n) is 5.96. The van der Waals surface area contributed by atoms with Gasteiger partial charge < -0.3 is 18.9 Å². The van der Waals surface area contributed by atoms with Crippen molar-refractivity contribution in [2.45, 2.75) is 64.8 Å². The molecule has 3 rings (SSSR count). The summed E-state index contributed by atoms with van der Waals surface area (Å²) in [5.41, 5.74) is 2.62. The molecule has 0 radical (unpaired) electrons. The van der Waals surface area contributed by atoms with E-state index >= 15 is 0 Å². The largest absolute Gasteiger partial charge is 0.573 e. The Balaban J connectivity index is 1.77. The van der Waals surface area contributed by atoms with Crippen LogP contribution in [0.25, 0.3) is 11.1 Å². The van der Waals surface area contributed by atoms with Crippen molar-refractivity contribution in [1.29, 1.82) is 0 Å². The number of carbonyl (C=O) groups excluding carboxylic acids is 1. The highest BCUT2D eigenvalue weighted by atomic mass is 19.4. The molecule has 0 bridgehead atoms. The highest BCUT2D eigenvalue weighted by Crippen LogP contribution is 2.35. The van der Waals surface area contributed by atoms with E-state index in [1.165, 1.54) is 29.8 Å². The molecule has 39 heavy (non-hydrogen) atoms. The molecule has 8 heteroatoms. The summed E-state index contributed by atoms with van der Waals surface area (Å²) in [4.78, 5) is 12.6. The Morgan fingerprint density at radius 1 is 0.846 bits per heavy atom. The minimum Gasteiger partial charge on any atom is -0.490 e. The molecule has 0 aromatic heterocycles. The second-order valence-corrected chi connectivity index (χ2v) is 9.03. The van der Waals surface area contributed by atoms with Gasteiger partial charge in [-0.3, -0.25) is 0 Å². The van der Waals surface area contributed by atoms with E-state index in [2.05, 4.69) is 16.9 Å². The predicted molar refractivity (Wildman–Crippen MR) is 144 cm³/mol. The van der Waals surface area contributed by atoms with Crippen LogP contribution in [0, 0.1) is 0 Å². The number of rotatable bonds is 15. The summed E-state index contributed by atoms with van der Waals surface area (Å²) in [5, 5.41) is 0. The van der Waals surface area contributed by atoms with E-state index in [-0.39, 0.29) is 12.4 Å². The Morgan fingerprint density at radius 3 is 2.23 bits per heavy atom. The number of halogens is 3. The number of hydrogen-bond donors (Lipinski definition) is 0. The first-order chi connectivity index (χ1) is 18.8. The molecule has 0 aliphatic carbocycles. The molecule has 3 aromatic carbocycles. The number of benzene rings is 3. The number of hydrogen-bond acceptors (Lipinski definition) is 5. The molecule has 0 heterocycles. The lowest BCUT2D eigenvalue weighted by Crippen LogP contribution is -2.29. The van der Waals surface area contributed by atoms with Crippen molar-refractivity contribution in [3.05, 3.63) is 78.4 Å². The van der Waals surface area contributed by atoms with Gasteiger partial charge in [0, 0.05) is 0 Å². The third kappa shape index (κ3) is 10.2. The normalized spacial score (nSPS) is 12.0. The van der Waals surface area contributed by atoms with Gasteiger partial charge in [0.1, 0.15) is 5.75 Å². The van der Waals surface area contributed by atoms with E-state index in [1.807, 2.05) is 25.1 Å². The molecule has 3 aromatic rings. The van der Waals surface area contributed by atoms with Crippen LogP contribution >= 0.6 is 0 Å². The van der Waals surface area contributed by atoms with Gasteiger partial charge in [-0.1, -0.05) is 61.9 Å². The summed E-state index contributed by atoms with van der Waals surface area (Å²) >= 11 is 0. The number of aryl methyl sites for hydroxylation is 1. The Labute approximate surface area is 227 Å². The van der Waals surface area contributed by atoms with Gasteiger partial charge in [-0.05, 0) is 80.0 Å². The van der Waals surface area contributed by atoms with Crippen molar-refractivity contribution in [2.75, 3.05) is 13.2 Å². The maximum absolute atomic E-state index is 12.6. The summed E-state index contributed by atoms with van der Waals surface area (Å²) in [6, 6.07) is 21.1. The summed E-state index contributed by atoms with van der Waals surface area (Å²) in [7, 11) is 0. The van der Waals surface area contributed by atoms with Gasteiger partial charge in [0.15, 0.2) is 17.6 Å². The van der Waals surface area contributed by atoms with E-state index in [1.54, 1.807) is 25.1 Å². The molecule has 0 N–H and O–H groups in total. The lowest BCUT2D eigenvalue weighted by molar-refractivity contribution is -0.274. The second kappa shape index (κ2) is 15.0. The quantitative estimate of drug-likeness (QED) is 0.143. The van der Waals surface area contributed by atoms with E-state index in [9.17, 15) is 18.0 Å². The lowest BCUT2D eigenvalue weighted by atomic mass is 10.0. The zero-order valence-electron chi connectivity index (χ0n) is 22.3. The number of alkyl halides is 3. The molecule has 1 unspecified atom stereocenters. The SMILES string of the molecule is CCCCC(Oc1cc(-c2ccc(OC(F)(F)F)cc2)ccc1OCCCCc1ccccc1)C(=O)OCC. The first-order valence-electron chi connectivity index (χ1n) is 13.3. The van der Waals surface area contributed by atoms with Crippen LogP contribution in [0.3, 0.4) is 0 Å². The van der Waals surface area contributed by atoms with Crippen molar-refractivity contribution in [3.8, 4) is 28.4 Å². The number of esters is 1. The van der Waals surface area contributed by atoms with Crippen LogP contribution in [0.5, 0.6) is 17.2 Å². The topological polar surface area (TPSA) is 54.0 Å². The fourth-order valence-corrected chi connectivity index (χ4v) is 4.01. The van der Waals surface area contributed by atoms with Gasteiger partial charge in [-0.2, -0.15) is 0 Å². The lowest BCUT2D eigenvalue weighted by Gasteiger charge is -2.20. The van der Waals surface area contributed by atoms with E-state index in [0.717, 1.165) is 32.1 Å². The minimum atomic E-state index is -4.76. The van der Waals surface area contributed by atoms with E-state index < -0.39 is 18.4 Å². The highest BCUT2D eigenvalue weighted by molar-refractivity contribution is 5.75. The van der Waals surface area contributed by atoms with Crippen molar-refractivity contribution in [2.24, 2.45) is 0 Å². The monoisotopic (exact) mass is 544 g/mol. The molecule has 0 saturated heterocycles. The first kappa shape index (κ1) is 29.9. The zero-order valence-corrected chi connectivity index (χ0v) is 22.3. The predicted octanol–water partition coefficient (Wildman–Crippen LogP) is 8.15. The van der Waals surface area contributed by atoms with Crippen molar-refractivity contribution in [3.63, 3.8) is 0 Å². The van der Waals surface area contributed by atoms with Crippen LogP contribution in [0.2, 0.25) is 0 Å². The van der Waals surface area contributed by atoms with Crippen LogP contribution in [-0.2, 0) is 16.0 Å². The fraction of sp³-hybridized carbons (Fsp3) is 0.387. The molecule has 1 atom stereocenters. The number of carbonyl (C=O) groups is 1. The number of ether oxygens (including phenoxy) is 4. The van der Waals surface area contributed by atoms with Crippen LogP contribution in [-0.4, -0.2) is 31.6 Å². The Hall–Kier alpha value is -3.68. The molecular formula is C31H35F3O5. The second-order valence-electron chi connectivity index (χ2n) is 9.03. The Bertz CT molecular complexity index is 1150.